The number of anilines is 1. The van der Waals surface area contributed by atoms with E-state index >= 15 is 0 Å². The number of alkyl halides is 3. The molecule has 1 fully saturated rings. The van der Waals surface area contributed by atoms with Gasteiger partial charge in [-0.2, -0.15) is 18.4 Å². The summed E-state index contributed by atoms with van der Waals surface area (Å²) < 4.78 is 37.8. The van der Waals surface area contributed by atoms with E-state index in [1.807, 2.05) is 0 Å². The van der Waals surface area contributed by atoms with Gasteiger partial charge in [-0.3, -0.25) is 0 Å². The van der Waals surface area contributed by atoms with Crippen molar-refractivity contribution in [1.29, 1.82) is 5.26 Å². The average Bonchev–Trinajstić information content (AvgIpc) is 2.40. The number of halogens is 3. The van der Waals surface area contributed by atoms with E-state index < -0.39 is 17.8 Å². The predicted molar refractivity (Wildman–Crippen MR) is 68.0 cm³/mol. The van der Waals surface area contributed by atoms with Crippen LogP contribution in [0.3, 0.4) is 0 Å². The minimum absolute atomic E-state index is 0.0578. The van der Waals surface area contributed by atoms with Crippen LogP contribution in [-0.2, 0) is 6.18 Å². The van der Waals surface area contributed by atoms with Crippen LogP contribution in [0.5, 0.6) is 0 Å². The standard InChI is InChI=1S/C14H15F3N2O/c15-14(16,17)10-5-6-11(9(7-10)8-18)19-12-3-1-2-4-13(12)20/h5-7,12-13,19-20H,1-4H2/t12-,13-/m0/s1. The van der Waals surface area contributed by atoms with Crippen molar-refractivity contribution in [1.82, 2.24) is 0 Å². The van der Waals surface area contributed by atoms with Crippen LogP contribution in [0, 0.1) is 11.3 Å². The molecule has 2 rings (SSSR count). The summed E-state index contributed by atoms with van der Waals surface area (Å²) in [6.45, 7) is 0. The number of rotatable bonds is 2. The molecule has 0 heterocycles. The number of benzene rings is 1. The van der Waals surface area contributed by atoms with Crippen molar-refractivity contribution >= 4 is 5.69 Å². The fourth-order valence-corrected chi connectivity index (χ4v) is 2.42. The van der Waals surface area contributed by atoms with Crippen molar-refractivity contribution in [3.8, 4) is 6.07 Å². The highest BCUT2D eigenvalue weighted by Gasteiger charge is 2.31. The second-order valence-corrected chi connectivity index (χ2v) is 4.97. The van der Waals surface area contributed by atoms with E-state index in [9.17, 15) is 18.3 Å². The van der Waals surface area contributed by atoms with Crippen LogP contribution >= 0.6 is 0 Å². The van der Waals surface area contributed by atoms with Gasteiger partial charge in [0, 0.05) is 0 Å². The van der Waals surface area contributed by atoms with Gasteiger partial charge in [0.1, 0.15) is 6.07 Å². The molecule has 0 aliphatic heterocycles. The van der Waals surface area contributed by atoms with E-state index in [1.54, 1.807) is 6.07 Å². The number of aliphatic hydroxyl groups is 1. The molecule has 1 aromatic carbocycles. The second kappa shape index (κ2) is 5.71. The SMILES string of the molecule is N#Cc1cc(C(F)(F)F)ccc1N[C@H]1CCCC[C@@H]1O. The first kappa shape index (κ1) is 14.7. The third-order valence-electron chi connectivity index (χ3n) is 3.54. The summed E-state index contributed by atoms with van der Waals surface area (Å²) in [5, 5.41) is 21.8. The first-order valence-corrected chi connectivity index (χ1v) is 6.48. The molecule has 0 aromatic heterocycles. The van der Waals surface area contributed by atoms with Gasteiger partial charge < -0.3 is 10.4 Å². The van der Waals surface area contributed by atoms with E-state index in [-0.39, 0.29) is 11.6 Å². The Balaban J connectivity index is 2.22. The molecule has 6 heteroatoms. The summed E-state index contributed by atoms with van der Waals surface area (Å²) in [5.41, 5.74) is -0.562. The lowest BCUT2D eigenvalue weighted by Gasteiger charge is -2.29. The Labute approximate surface area is 115 Å². The Bertz CT molecular complexity index is 522. The highest BCUT2D eigenvalue weighted by molar-refractivity contribution is 5.59. The van der Waals surface area contributed by atoms with Crippen LogP contribution in [-0.4, -0.2) is 17.3 Å². The predicted octanol–water partition coefficient (Wildman–Crippen LogP) is 3.29. The van der Waals surface area contributed by atoms with Gasteiger partial charge >= 0.3 is 6.18 Å². The van der Waals surface area contributed by atoms with Crippen molar-refractivity contribution in [2.45, 2.75) is 44.0 Å². The normalized spacial score (nSPS) is 23.1. The Kier molecular flexibility index (Phi) is 4.19. The second-order valence-electron chi connectivity index (χ2n) is 4.97. The molecule has 2 N–H and O–H groups in total. The Hall–Kier alpha value is -1.74. The van der Waals surface area contributed by atoms with E-state index in [0.29, 0.717) is 12.1 Å². The Morgan fingerprint density at radius 1 is 1.25 bits per heavy atom. The smallest absolute Gasteiger partial charge is 0.391 e. The molecule has 108 valence electrons. The zero-order chi connectivity index (χ0) is 14.8. The molecule has 0 amide bonds. The van der Waals surface area contributed by atoms with E-state index in [1.165, 1.54) is 6.07 Å². The third kappa shape index (κ3) is 3.23. The number of nitrogens with one attached hydrogen (secondary N) is 1. The molecular formula is C14H15F3N2O. The van der Waals surface area contributed by atoms with Crippen LogP contribution in [0.25, 0.3) is 0 Å². The Morgan fingerprint density at radius 2 is 1.95 bits per heavy atom. The monoisotopic (exact) mass is 284 g/mol. The molecule has 0 radical (unpaired) electrons. The number of aliphatic hydroxyl groups excluding tert-OH is 1. The quantitative estimate of drug-likeness (QED) is 0.876. The van der Waals surface area contributed by atoms with Gasteiger partial charge in [-0.15, -0.1) is 0 Å². The molecule has 20 heavy (non-hydrogen) atoms. The zero-order valence-corrected chi connectivity index (χ0v) is 10.7. The van der Waals surface area contributed by atoms with Gasteiger partial charge in [0.15, 0.2) is 0 Å². The summed E-state index contributed by atoms with van der Waals surface area (Å²) in [4.78, 5) is 0. The molecule has 3 nitrogen and oxygen atoms in total. The molecule has 1 aliphatic rings. The summed E-state index contributed by atoms with van der Waals surface area (Å²) in [6, 6.07) is 4.58. The maximum Gasteiger partial charge on any atom is 0.416 e. The zero-order valence-electron chi connectivity index (χ0n) is 10.7. The number of hydrogen-bond acceptors (Lipinski definition) is 3. The number of hydrogen-bond donors (Lipinski definition) is 2. The first-order chi connectivity index (χ1) is 9.41. The summed E-state index contributed by atoms with van der Waals surface area (Å²) >= 11 is 0. The van der Waals surface area contributed by atoms with Crippen LogP contribution in [0.4, 0.5) is 18.9 Å². The van der Waals surface area contributed by atoms with Crippen molar-refractivity contribution in [2.24, 2.45) is 0 Å². The number of nitrogens with zero attached hydrogens (tertiary/aromatic N) is 1. The first-order valence-electron chi connectivity index (χ1n) is 6.48. The van der Waals surface area contributed by atoms with Gasteiger partial charge in [-0.25, -0.2) is 0 Å². The van der Waals surface area contributed by atoms with Crippen LogP contribution in [0.2, 0.25) is 0 Å². The van der Waals surface area contributed by atoms with Crippen molar-refractivity contribution < 1.29 is 18.3 Å². The minimum Gasteiger partial charge on any atom is -0.391 e. The van der Waals surface area contributed by atoms with Gasteiger partial charge in [-0.1, -0.05) is 12.8 Å². The third-order valence-corrected chi connectivity index (χ3v) is 3.54. The fraction of sp³-hybridized carbons (Fsp3) is 0.500. The van der Waals surface area contributed by atoms with E-state index in [4.69, 9.17) is 5.26 Å². The van der Waals surface area contributed by atoms with Gasteiger partial charge in [0.2, 0.25) is 0 Å². The molecule has 0 bridgehead atoms. The van der Waals surface area contributed by atoms with Crippen molar-refractivity contribution in [3.63, 3.8) is 0 Å². The molecular weight excluding hydrogens is 269 g/mol. The lowest BCUT2D eigenvalue weighted by atomic mass is 9.92. The number of nitriles is 1. The summed E-state index contributed by atoms with van der Waals surface area (Å²) in [5.74, 6) is 0. The molecule has 0 unspecified atom stereocenters. The highest BCUT2D eigenvalue weighted by Crippen LogP contribution is 2.32. The largest absolute Gasteiger partial charge is 0.416 e. The van der Waals surface area contributed by atoms with Crippen LogP contribution in [0.15, 0.2) is 18.2 Å². The summed E-state index contributed by atoms with van der Waals surface area (Å²) in [7, 11) is 0. The molecule has 2 atom stereocenters. The minimum atomic E-state index is -4.46. The van der Waals surface area contributed by atoms with Gasteiger partial charge in [0.25, 0.3) is 0 Å². The van der Waals surface area contributed by atoms with Crippen LogP contribution in [0.1, 0.15) is 36.8 Å². The van der Waals surface area contributed by atoms with Crippen molar-refractivity contribution in [2.75, 3.05) is 5.32 Å². The van der Waals surface area contributed by atoms with E-state index in [2.05, 4.69) is 5.32 Å². The van der Waals surface area contributed by atoms with Crippen LogP contribution < -0.4 is 5.32 Å². The maximum atomic E-state index is 12.6. The molecule has 1 aromatic rings. The lowest BCUT2D eigenvalue weighted by Crippen LogP contribution is -2.36. The molecule has 0 saturated heterocycles. The lowest BCUT2D eigenvalue weighted by molar-refractivity contribution is -0.137. The molecule has 1 aliphatic carbocycles. The Morgan fingerprint density at radius 3 is 2.55 bits per heavy atom. The molecule has 0 spiro atoms. The van der Waals surface area contributed by atoms with E-state index in [0.717, 1.165) is 31.4 Å². The molecule has 1 saturated carbocycles. The maximum absolute atomic E-state index is 12.6. The summed E-state index contributed by atoms with van der Waals surface area (Å²) in [6.07, 6.45) is -1.69. The average molecular weight is 284 g/mol. The topological polar surface area (TPSA) is 56.0 Å². The van der Waals surface area contributed by atoms with Gasteiger partial charge in [-0.05, 0) is 31.0 Å². The van der Waals surface area contributed by atoms with Crippen molar-refractivity contribution in [3.05, 3.63) is 29.3 Å². The highest BCUT2D eigenvalue weighted by atomic mass is 19.4. The van der Waals surface area contributed by atoms with Gasteiger partial charge in [0.05, 0.1) is 29.0 Å². The fourth-order valence-electron chi connectivity index (χ4n) is 2.42.